The minimum absolute atomic E-state index is 0.131. The highest BCUT2D eigenvalue weighted by Crippen LogP contribution is 2.27. The van der Waals surface area contributed by atoms with E-state index in [1.807, 2.05) is 0 Å². The van der Waals surface area contributed by atoms with Crippen LogP contribution in [0.25, 0.3) is 0 Å². The largest absolute Gasteiger partial charge is 0.433 e. The third kappa shape index (κ3) is 3.84. The van der Waals surface area contributed by atoms with Crippen LogP contribution in [-0.2, 0) is 6.18 Å². The fraction of sp³-hybridized carbons (Fsp3) is 0.300. The molecule has 80 valence electrons. The summed E-state index contributed by atoms with van der Waals surface area (Å²) in [6.07, 6.45) is -3.89. The minimum atomic E-state index is -4.42. The molecule has 0 fully saturated rings. The number of aromatic nitrogens is 1. The molecule has 0 saturated heterocycles. The summed E-state index contributed by atoms with van der Waals surface area (Å²) in [6, 6.07) is 3.66. The van der Waals surface area contributed by atoms with Gasteiger partial charge in [-0.05, 0) is 18.1 Å². The number of nitrogens with zero attached hydrogens (tertiary/aromatic N) is 1. The van der Waals surface area contributed by atoms with Gasteiger partial charge in [0.15, 0.2) is 0 Å². The zero-order valence-electron chi connectivity index (χ0n) is 7.67. The quantitative estimate of drug-likeness (QED) is 0.579. The maximum absolute atomic E-state index is 12.2. The molecule has 0 atom stereocenters. The maximum Gasteiger partial charge on any atom is 0.433 e. The molecule has 0 unspecified atom stereocenters. The van der Waals surface area contributed by atoms with E-state index in [9.17, 15) is 13.2 Å². The summed E-state index contributed by atoms with van der Waals surface area (Å²) in [5, 5.41) is 0. The molecule has 0 amide bonds. The second-order valence-corrected chi connectivity index (χ2v) is 3.13. The monoisotopic (exact) mass is 231 g/mol. The molecule has 0 aliphatic carbocycles. The van der Waals surface area contributed by atoms with Crippen LogP contribution in [0.1, 0.15) is 17.8 Å². The number of hydrogen-bond acceptors (Lipinski definition) is 2. The van der Waals surface area contributed by atoms with E-state index in [4.69, 9.17) is 0 Å². The van der Waals surface area contributed by atoms with E-state index in [1.165, 1.54) is 12.1 Å². The summed E-state index contributed by atoms with van der Waals surface area (Å²) in [5.41, 5.74) is -0.785. The van der Waals surface area contributed by atoms with Crippen LogP contribution in [0, 0.1) is 11.8 Å². The van der Waals surface area contributed by atoms with E-state index in [1.54, 1.807) is 0 Å². The lowest BCUT2D eigenvalue weighted by Gasteiger charge is -2.04. The first kappa shape index (κ1) is 11.9. The lowest BCUT2D eigenvalue weighted by atomic mass is 10.3. The molecule has 5 heteroatoms. The average Bonchev–Trinajstić information content (AvgIpc) is 2.17. The average molecular weight is 231 g/mol. The third-order valence-electron chi connectivity index (χ3n) is 1.49. The van der Waals surface area contributed by atoms with Crippen LogP contribution in [0.15, 0.2) is 18.2 Å². The van der Waals surface area contributed by atoms with E-state index >= 15 is 0 Å². The normalized spacial score (nSPS) is 10.7. The Labute approximate surface area is 91.1 Å². The second-order valence-electron chi connectivity index (χ2n) is 2.68. The van der Waals surface area contributed by atoms with Gasteiger partial charge in [-0.25, -0.2) is 4.98 Å². The Kier molecular flexibility index (Phi) is 4.04. The van der Waals surface area contributed by atoms with Crippen molar-refractivity contribution in [3.05, 3.63) is 29.6 Å². The Bertz CT molecular complexity index is 390. The zero-order valence-corrected chi connectivity index (χ0v) is 8.57. The van der Waals surface area contributed by atoms with E-state index in [-0.39, 0.29) is 5.69 Å². The predicted octanol–water partition coefficient (Wildman–Crippen LogP) is 2.77. The van der Waals surface area contributed by atoms with Crippen LogP contribution in [0.5, 0.6) is 0 Å². The van der Waals surface area contributed by atoms with Gasteiger partial charge in [0, 0.05) is 12.2 Å². The van der Waals surface area contributed by atoms with Crippen LogP contribution in [0.3, 0.4) is 0 Å². The van der Waals surface area contributed by atoms with Crippen LogP contribution < -0.4 is 0 Å². The summed E-state index contributed by atoms with van der Waals surface area (Å²) in [4.78, 5) is 3.39. The Morgan fingerprint density at radius 2 is 2.07 bits per heavy atom. The van der Waals surface area contributed by atoms with Crippen molar-refractivity contribution in [1.82, 2.24) is 4.98 Å². The number of halogens is 3. The van der Waals surface area contributed by atoms with Crippen molar-refractivity contribution in [1.29, 1.82) is 0 Å². The molecule has 0 spiro atoms. The summed E-state index contributed by atoms with van der Waals surface area (Å²) < 4.78 is 36.7. The molecule has 1 nitrogen and oxygen atoms in total. The minimum Gasteiger partial charge on any atom is -0.235 e. The molecule has 0 aliphatic rings. The van der Waals surface area contributed by atoms with Gasteiger partial charge in [0.05, 0.1) is 0 Å². The van der Waals surface area contributed by atoms with E-state index in [2.05, 4.69) is 29.5 Å². The topological polar surface area (TPSA) is 12.9 Å². The van der Waals surface area contributed by atoms with Crippen molar-refractivity contribution in [3.63, 3.8) is 0 Å². The van der Waals surface area contributed by atoms with Gasteiger partial charge in [0.2, 0.25) is 0 Å². The summed E-state index contributed by atoms with van der Waals surface area (Å²) in [5.74, 6) is 5.80. The smallest absolute Gasteiger partial charge is 0.235 e. The lowest BCUT2D eigenvalue weighted by Crippen LogP contribution is -2.08. The van der Waals surface area contributed by atoms with Crippen LogP contribution in [-0.4, -0.2) is 10.7 Å². The summed E-state index contributed by atoms with van der Waals surface area (Å²) >= 11 is 3.93. The summed E-state index contributed by atoms with van der Waals surface area (Å²) in [7, 11) is 0. The van der Waals surface area contributed by atoms with Gasteiger partial charge < -0.3 is 0 Å². The highest BCUT2D eigenvalue weighted by Gasteiger charge is 2.32. The van der Waals surface area contributed by atoms with Crippen molar-refractivity contribution < 1.29 is 13.2 Å². The molecule has 0 aliphatic heterocycles. The Hall–Kier alpha value is -1.15. The van der Waals surface area contributed by atoms with Gasteiger partial charge in [-0.2, -0.15) is 25.8 Å². The molecule has 1 rings (SSSR count). The van der Waals surface area contributed by atoms with Crippen LogP contribution >= 0.6 is 12.6 Å². The highest BCUT2D eigenvalue weighted by molar-refractivity contribution is 7.80. The highest BCUT2D eigenvalue weighted by atomic mass is 32.1. The van der Waals surface area contributed by atoms with Gasteiger partial charge in [-0.1, -0.05) is 12.0 Å². The molecule has 1 aromatic heterocycles. The fourth-order valence-electron chi connectivity index (χ4n) is 0.871. The van der Waals surface area contributed by atoms with E-state index < -0.39 is 11.9 Å². The lowest BCUT2D eigenvalue weighted by molar-refractivity contribution is -0.141. The number of hydrogen-bond donors (Lipinski definition) is 1. The molecule has 0 bridgehead atoms. The molecule has 0 N–H and O–H groups in total. The predicted molar refractivity (Wildman–Crippen MR) is 54.6 cm³/mol. The van der Waals surface area contributed by atoms with Gasteiger partial charge >= 0.3 is 6.18 Å². The van der Waals surface area contributed by atoms with Crippen molar-refractivity contribution in [2.75, 3.05) is 5.75 Å². The molecule has 0 radical (unpaired) electrons. The first-order valence-corrected chi connectivity index (χ1v) is 4.81. The van der Waals surface area contributed by atoms with Crippen LogP contribution in [0.2, 0.25) is 0 Å². The number of rotatable bonds is 1. The SMILES string of the molecule is FC(F)(F)c1cccc(C#CCCS)n1. The first-order chi connectivity index (χ1) is 7.04. The Morgan fingerprint density at radius 3 is 2.67 bits per heavy atom. The fourth-order valence-corrected chi connectivity index (χ4v) is 0.983. The van der Waals surface area contributed by atoms with Crippen LogP contribution in [0.4, 0.5) is 13.2 Å². The maximum atomic E-state index is 12.2. The third-order valence-corrected chi connectivity index (χ3v) is 1.72. The van der Waals surface area contributed by atoms with Crippen molar-refractivity contribution >= 4 is 12.6 Å². The molecule has 0 aromatic carbocycles. The molecule has 1 aromatic rings. The second kappa shape index (κ2) is 5.08. The standard InChI is InChI=1S/C10H8F3NS/c11-10(12,13)9-6-3-5-8(14-9)4-1-2-7-15/h3,5-6,15H,2,7H2. The number of pyridine rings is 1. The summed E-state index contributed by atoms with van der Waals surface area (Å²) in [6.45, 7) is 0. The van der Waals surface area contributed by atoms with E-state index in [0.29, 0.717) is 12.2 Å². The van der Waals surface area contributed by atoms with Crippen molar-refractivity contribution in [3.8, 4) is 11.8 Å². The Balaban J connectivity index is 2.90. The van der Waals surface area contributed by atoms with Gasteiger partial charge in [0.25, 0.3) is 0 Å². The molecule has 0 saturated carbocycles. The number of alkyl halides is 3. The molecular weight excluding hydrogens is 223 g/mol. The Morgan fingerprint density at radius 1 is 1.33 bits per heavy atom. The molecular formula is C10H8F3NS. The van der Waals surface area contributed by atoms with Crippen molar-refractivity contribution in [2.24, 2.45) is 0 Å². The van der Waals surface area contributed by atoms with Gasteiger partial charge in [-0.3, -0.25) is 0 Å². The van der Waals surface area contributed by atoms with E-state index in [0.717, 1.165) is 6.07 Å². The van der Waals surface area contributed by atoms with Crippen molar-refractivity contribution in [2.45, 2.75) is 12.6 Å². The molecule has 1 heterocycles. The zero-order chi connectivity index (χ0) is 11.3. The number of thiol groups is 1. The first-order valence-electron chi connectivity index (χ1n) is 4.18. The van der Waals surface area contributed by atoms with Gasteiger partial charge in [-0.15, -0.1) is 0 Å². The van der Waals surface area contributed by atoms with Gasteiger partial charge in [0.1, 0.15) is 11.4 Å². The molecule has 15 heavy (non-hydrogen) atoms.